The van der Waals surface area contributed by atoms with Crippen LogP contribution in [0.25, 0.3) is 22.0 Å². The summed E-state index contributed by atoms with van der Waals surface area (Å²) in [4.78, 5) is 26.5. The lowest BCUT2D eigenvalue weighted by Gasteiger charge is -2.20. The van der Waals surface area contributed by atoms with Gasteiger partial charge < -0.3 is 9.42 Å². The monoisotopic (exact) mass is 388 g/mol. The van der Waals surface area contributed by atoms with E-state index in [9.17, 15) is 9.59 Å². The lowest BCUT2D eigenvalue weighted by molar-refractivity contribution is -0.132. The van der Waals surface area contributed by atoms with Crippen LogP contribution in [0.3, 0.4) is 0 Å². The van der Waals surface area contributed by atoms with Crippen LogP contribution in [0.2, 0.25) is 0 Å². The molecular weight excluding hydrogens is 368 g/mol. The number of benzene rings is 2. The molecule has 0 saturated heterocycles. The Morgan fingerprint density at radius 1 is 1.10 bits per heavy atom. The fourth-order valence-electron chi connectivity index (χ4n) is 3.36. The van der Waals surface area contributed by atoms with Gasteiger partial charge in [-0.2, -0.15) is 5.10 Å². The summed E-state index contributed by atoms with van der Waals surface area (Å²) in [6, 6.07) is 18.7. The number of aromatic amines is 1. The van der Waals surface area contributed by atoms with Gasteiger partial charge >= 0.3 is 0 Å². The second-order valence-corrected chi connectivity index (χ2v) is 6.94. The molecule has 29 heavy (non-hydrogen) atoms. The van der Waals surface area contributed by atoms with Gasteiger partial charge in [0.2, 0.25) is 5.91 Å². The molecule has 2 aromatic heterocycles. The number of aromatic nitrogens is 3. The SMILES string of the molecule is CC(C(=O)N(C)Cc1cc(-c2ccccc2)no1)c1n[nH]c(=O)c2ccccc12. The van der Waals surface area contributed by atoms with Crippen molar-refractivity contribution in [1.29, 1.82) is 0 Å². The van der Waals surface area contributed by atoms with Crippen molar-refractivity contribution in [3.63, 3.8) is 0 Å². The number of amides is 1. The highest BCUT2D eigenvalue weighted by molar-refractivity contribution is 5.90. The first kappa shape index (κ1) is 18.6. The second kappa shape index (κ2) is 7.71. The summed E-state index contributed by atoms with van der Waals surface area (Å²) < 4.78 is 5.40. The number of nitrogens with one attached hydrogen (secondary N) is 1. The molecule has 2 aromatic carbocycles. The third-order valence-corrected chi connectivity index (χ3v) is 4.90. The Morgan fingerprint density at radius 3 is 2.55 bits per heavy atom. The van der Waals surface area contributed by atoms with Crippen LogP contribution in [0.5, 0.6) is 0 Å². The van der Waals surface area contributed by atoms with Gasteiger partial charge in [-0.1, -0.05) is 53.7 Å². The van der Waals surface area contributed by atoms with Gasteiger partial charge in [-0.3, -0.25) is 9.59 Å². The van der Waals surface area contributed by atoms with Crippen molar-refractivity contribution in [2.45, 2.75) is 19.4 Å². The third-order valence-electron chi connectivity index (χ3n) is 4.90. The van der Waals surface area contributed by atoms with E-state index in [-0.39, 0.29) is 18.0 Å². The van der Waals surface area contributed by atoms with Gasteiger partial charge in [-0.15, -0.1) is 0 Å². The zero-order valence-corrected chi connectivity index (χ0v) is 16.1. The van der Waals surface area contributed by atoms with Crippen LogP contribution in [-0.4, -0.2) is 33.2 Å². The maximum atomic E-state index is 13.0. The van der Waals surface area contributed by atoms with Gasteiger partial charge in [0, 0.05) is 24.1 Å². The Hall–Kier alpha value is -3.74. The van der Waals surface area contributed by atoms with E-state index in [1.807, 2.05) is 42.5 Å². The Balaban J connectivity index is 1.54. The number of hydrogen-bond donors (Lipinski definition) is 1. The summed E-state index contributed by atoms with van der Waals surface area (Å²) in [6.07, 6.45) is 0. The number of hydrogen-bond acceptors (Lipinski definition) is 5. The van der Waals surface area contributed by atoms with E-state index in [4.69, 9.17) is 4.52 Å². The first-order valence-electron chi connectivity index (χ1n) is 9.28. The van der Waals surface area contributed by atoms with Crippen molar-refractivity contribution in [2.75, 3.05) is 7.05 Å². The molecule has 1 unspecified atom stereocenters. The van der Waals surface area contributed by atoms with Crippen LogP contribution in [-0.2, 0) is 11.3 Å². The number of nitrogens with zero attached hydrogens (tertiary/aromatic N) is 3. The predicted molar refractivity (Wildman–Crippen MR) is 109 cm³/mol. The van der Waals surface area contributed by atoms with E-state index in [0.717, 1.165) is 11.3 Å². The van der Waals surface area contributed by atoms with Crippen molar-refractivity contribution >= 4 is 16.7 Å². The van der Waals surface area contributed by atoms with Gasteiger partial charge in [-0.05, 0) is 13.0 Å². The van der Waals surface area contributed by atoms with Crippen LogP contribution < -0.4 is 5.56 Å². The maximum absolute atomic E-state index is 13.0. The summed E-state index contributed by atoms with van der Waals surface area (Å²) in [6.45, 7) is 2.06. The molecule has 0 aliphatic heterocycles. The first-order chi connectivity index (χ1) is 14.0. The zero-order chi connectivity index (χ0) is 20.4. The summed E-state index contributed by atoms with van der Waals surface area (Å²) >= 11 is 0. The van der Waals surface area contributed by atoms with Gasteiger partial charge in [0.25, 0.3) is 5.56 Å². The molecule has 0 saturated carbocycles. The normalized spacial score (nSPS) is 12.1. The second-order valence-electron chi connectivity index (χ2n) is 6.94. The summed E-state index contributed by atoms with van der Waals surface area (Å²) in [7, 11) is 1.71. The predicted octanol–water partition coefficient (Wildman–Crippen LogP) is 3.34. The van der Waals surface area contributed by atoms with E-state index in [2.05, 4.69) is 15.4 Å². The summed E-state index contributed by atoms with van der Waals surface area (Å²) in [5, 5.41) is 11.9. The van der Waals surface area contributed by atoms with Gasteiger partial charge in [0.1, 0.15) is 5.69 Å². The molecule has 0 fully saturated rings. The zero-order valence-electron chi connectivity index (χ0n) is 16.1. The Labute approximate surface area is 167 Å². The van der Waals surface area contributed by atoms with Crippen LogP contribution in [0, 0.1) is 0 Å². The molecule has 4 aromatic rings. The lowest BCUT2D eigenvalue weighted by atomic mass is 10.0. The van der Waals surface area contributed by atoms with Crippen LogP contribution >= 0.6 is 0 Å². The van der Waals surface area contributed by atoms with Crippen LogP contribution in [0.4, 0.5) is 0 Å². The molecule has 0 aliphatic carbocycles. The minimum absolute atomic E-state index is 0.132. The minimum Gasteiger partial charge on any atom is -0.359 e. The highest BCUT2D eigenvalue weighted by Gasteiger charge is 2.24. The standard InChI is InChI=1S/C22H20N4O3/c1-14(20-17-10-6-7-11-18(17)21(27)24-23-20)22(28)26(2)13-16-12-19(25-29-16)15-8-4-3-5-9-15/h3-12,14H,13H2,1-2H3,(H,24,27). The number of likely N-dealkylation sites (N-methyl/N-ethyl adjacent to an activating group) is 1. The van der Waals surface area contributed by atoms with E-state index < -0.39 is 5.92 Å². The number of carbonyl (C=O) groups excluding carboxylic acids is 1. The molecule has 1 atom stereocenters. The number of H-pyrrole nitrogens is 1. The Kier molecular flexibility index (Phi) is 4.95. The molecule has 7 heteroatoms. The lowest BCUT2D eigenvalue weighted by Crippen LogP contribution is -2.31. The molecule has 1 amide bonds. The molecule has 0 aliphatic rings. The highest BCUT2D eigenvalue weighted by Crippen LogP contribution is 2.24. The molecule has 1 N–H and O–H groups in total. The highest BCUT2D eigenvalue weighted by atomic mass is 16.5. The molecule has 0 spiro atoms. The molecule has 146 valence electrons. The number of fused-ring (bicyclic) bond motifs is 1. The number of rotatable bonds is 5. The van der Waals surface area contributed by atoms with Crippen molar-refractivity contribution in [1.82, 2.24) is 20.3 Å². The van der Waals surface area contributed by atoms with E-state index in [1.54, 1.807) is 37.1 Å². The van der Waals surface area contributed by atoms with E-state index in [0.29, 0.717) is 22.2 Å². The van der Waals surface area contributed by atoms with Crippen molar-refractivity contribution in [3.8, 4) is 11.3 Å². The first-order valence-corrected chi connectivity index (χ1v) is 9.28. The van der Waals surface area contributed by atoms with Crippen LogP contribution in [0.1, 0.15) is 24.3 Å². The molecule has 2 heterocycles. The topological polar surface area (TPSA) is 92.1 Å². The van der Waals surface area contributed by atoms with Gasteiger partial charge in [-0.25, -0.2) is 5.10 Å². The molecular formula is C22H20N4O3. The third kappa shape index (κ3) is 3.67. The molecule has 0 bridgehead atoms. The minimum atomic E-state index is -0.529. The quantitative estimate of drug-likeness (QED) is 0.566. The molecule has 0 radical (unpaired) electrons. The van der Waals surface area contributed by atoms with Gasteiger partial charge in [0.05, 0.1) is 23.5 Å². The Bertz CT molecular complexity index is 1210. The largest absolute Gasteiger partial charge is 0.359 e. The van der Waals surface area contributed by atoms with Crippen molar-refractivity contribution in [3.05, 3.63) is 82.5 Å². The summed E-state index contributed by atoms with van der Waals surface area (Å²) in [5.41, 5.74) is 1.95. The Morgan fingerprint density at radius 2 is 1.79 bits per heavy atom. The maximum Gasteiger partial charge on any atom is 0.272 e. The van der Waals surface area contributed by atoms with Crippen molar-refractivity contribution in [2.24, 2.45) is 0 Å². The average Bonchev–Trinajstić information content (AvgIpc) is 3.22. The van der Waals surface area contributed by atoms with E-state index >= 15 is 0 Å². The van der Waals surface area contributed by atoms with Crippen LogP contribution in [0.15, 0.2) is 70.0 Å². The molecule has 7 nitrogen and oxygen atoms in total. The fraction of sp³-hybridized carbons (Fsp3) is 0.182. The van der Waals surface area contributed by atoms with E-state index in [1.165, 1.54) is 0 Å². The summed E-state index contributed by atoms with van der Waals surface area (Å²) in [5.74, 6) is -0.0724. The number of carbonyl (C=O) groups is 1. The smallest absolute Gasteiger partial charge is 0.272 e. The average molecular weight is 388 g/mol. The molecule has 4 rings (SSSR count). The van der Waals surface area contributed by atoms with Crippen molar-refractivity contribution < 1.29 is 9.32 Å². The van der Waals surface area contributed by atoms with Gasteiger partial charge in [0.15, 0.2) is 5.76 Å². The fourth-order valence-corrected chi connectivity index (χ4v) is 3.36.